The van der Waals surface area contributed by atoms with Gasteiger partial charge in [-0.15, -0.1) is 0 Å². The van der Waals surface area contributed by atoms with E-state index in [1.165, 1.54) is 12.0 Å². The number of hydrogen-bond acceptors (Lipinski definition) is 5. The summed E-state index contributed by atoms with van der Waals surface area (Å²) >= 11 is 0. The highest BCUT2D eigenvalue weighted by Crippen LogP contribution is 2.24. The quantitative estimate of drug-likeness (QED) is 0.424. The van der Waals surface area contributed by atoms with Crippen LogP contribution >= 0.6 is 0 Å². The van der Waals surface area contributed by atoms with E-state index in [0.717, 1.165) is 25.7 Å². The van der Waals surface area contributed by atoms with E-state index < -0.39 is 11.7 Å². The summed E-state index contributed by atoms with van der Waals surface area (Å²) in [7, 11) is 1.36. The van der Waals surface area contributed by atoms with Crippen molar-refractivity contribution in [3.8, 4) is 0 Å². The Morgan fingerprint density at radius 1 is 1.28 bits per heavy atom. The van der Waals surface area contributed by atoms with E-state index in [1.807, 2.05) is 6.08 Å². The first-order chi connectivity index (χ1) is 11.7. The van der Waals surface area contributed by atoms with Crippen LogP contribution in [0.25, 0.3) is 0 Å². The van der Waals surface area contributed by atoms with Gasteiger partial charge in [0.1, 0.15) is 5.60 Å². The van der Waals surface area contributed by atoms with Crippen molar-refractivity contribution < 1.29 is 23.9 Å². The maximum atomic E-state index is 12.5. The first-order valence-corrected chi connectivity index (χ1v) is 8.96. The van der Waals surface area contributed by atoms with Gasteiger partial charge in [-0.25, -0.2) is 14.5 Å². The first kappa shape index (κ1) is 21.2. The molecule has 1 rings (SSSR count). The van der Waals surface area contributed by atoms with E-state index in [1.54, 1.807) is 27.7 Å². The van der Waals surface area contributed by atoms with Gasteiger partial charge in [0, 0.05) is 18.0 Å². The molecule has 142 valence electrons. The lowest BCUT2D eigenvalue weighted by Crippen LogP contribution is -2.46. The number of carbonyl (C=O) groups excluding carboxylic acids is 3. The largest absolute Gasteiger partial charge is 0.466 e. The number of allylic oxidation sites excluding steroid dienone is 1. The summed E-state index contributed by atoms with van der Waals surface area (Å²) in [4.78, 5) is 37.5. The van der Waals surface area contributed by atoms with Gasteiger partial charge in [0.25, 0.3) is 0 Å². The van der Waals surface area contributed by atoms with Crippen LogP contribution in [0.4, 0.5) is 4.79 Å². The number of unbranched alkanes of at least 4 members (excludes halogenated alkanes) is 1. The third kappa shape index (κ3) is 7.28. The molecule has 25 heavy (non-hydrogen) atoms. The summed E-state index contributed by atoms with van der Waals surface area (Å²) < 4.78 is 10.1. The predicted molar refractivity (Wildman–Crippen MR) is 95.0 cm³/mol. The molecule has 6 nitrogen and oxygen atoms in total. The lowest BCUT2D eigenvalue weighted by Gasteiger charge is -2.31. The van der Waals surface area contributed by atoms with Crippen LogP contribution in [0.5, 0.6) is 0 Å². The van der Waals surface area contributed by atoms with Crippen LogP contribution in [0.3, 0.4) is 0 Å². The Kier molecular flexibility index (Phi) is 8.13. The van der Waals surface area contributed by atoms with E-state index >= 15 is 0 Å². The number of amides is 2. The smallest absolute Gasteiger partial charge is 0.417 e. The van der Waals surface area contributed by atoms with Crippen molar-refractivity contribution in [3.05, 3.63) is 11.6 Å². The number of methoxy groups -OCH3 is 1. The van der Waals surface area contributed by atoms with Crippen LogP contribution in [-0.4, -0.2) is 41.6 Å². The molecule has 0 aromatic carbocycles. The zero-order chi connectivity index (χ0) is 19.0. The Labute approximate surface area is 150 Å². The third-order valence-electron chi connectivity index (χ3n) is 4.10. The van der Waals surface area contributed by atoms with E-state index in [-0.39, 0.29) is 17.9 Å². The van der Waals surface area contributed by atoms with E-state index in [2.05, 4.69) is 4.74 Å². The number of nitrogens with zero attached hydrogens (tertiary/aromatic N) is 1. The molecule has 0 bridgehead atoms. The number of likely N-dealkylation sites (tertiary alicyclic amines) is 1. The van der Waals surface area contributed by atoms with Crippen LogP contribution in [0.2, 0.25) is 0 Å². The fourth-order valence-corrected chi connectivity index (χ4v) is 2.86. The van der Waals surface area contributed by atoms with E-state index in [0.29, 0.717) is 24.8 Å². The average molecular weight is 353 g/mol. The van der Waals surface area contributed by atoms with Gasteiger partial charge in [-0.05, 0) is 59.8 Å². The topological polar surface area (TPSA) is 72.9 Å². The average Bonchev–Trinajstić information content (AvgIpc) is 2.70. The molecular formula is C19H31NO5. The highest BCUT2D eigenvalue weighted by atomic mass is 16.6. The predicted octanol–water partition coefficient (Wildman–Crippen LogP) is 3.98. The summed E-state index contributed by atoms with van der Waals surface area (Å²) in [5.74, 6) is -0.488. The van der Waals surface area contributed by atoms with Crippen LogP contribution < -0.4 is 0 Å². The summed E-state index contributed by atoms with van der Waals surface area (Å²) in [6.45, 7) is 7.10. The van der Waals surface area contributed by atoms with Gasteiger partial charge in [-0.1, -0.05) is 12.5 Å². The Hall–Kier alpha value is -1.85. The van der Waals surface area contributed by atoms with Crippen LogP contribution in [0.15, 0.2) is 11.6 Å². The molecule has 0 aromatic rings. The molecule has 0 aliphatic carbocycles. The zero-order valence-electron chi connectivity index (χ0n) is 16.1. The van der Waals surface area contributed by atoms with Crippen LogP contribution in [-0.2, 0) is 19.1 Å². The summed E-state index contributed by atoms with van der Waals surface area (Å²) in [6, 6.07) is -0.142. The molecule has 0 unspecified atom stereocenters. The molecule has 0 saturated carbocycles. The number of esters is 1. The molecule has 1 atom stereocenters. The minimum Gasteiger partial charge on any atom is -0.466 e. The van der Waals surface area contributed by atoms with E-state index in [4.69, 9.17) is 4.74 Å². The maximum Gasteiger partial charge on any atom is 0.417 e. The van der Waals surface area contributed by atoms with Crippen molar-refractivity contribution in [2.45, 2.75) is 84.3 Å². The molecule has 0 aromatic heterocycles. The van der Waals surface area contributed by atoms with Gasteiger partial charge in [0.05, 0.1) is 7.11 Å². The fourth-order valence-electron chi connectivity index (χ4n) is 2.86. The van der Waals surface area contributed by atoms with Gasteiger partial charge >= 0.3 is 12.1 Å². The standard InChI is InChI=1S/C19H31NO5/c1-14(17(22)24-5)10-6-7-11-15-12-8-9-13-16(21)20(15)18(23)25-19(2,3)4/h10,15H,6-9,11-13H2,1-5H3/t15-/m1/s1. The number of hydrogen-bond donors (Lipinski definition) is 0. The summed E-state index contributed by atoms with van der Waals surface area (Å²) in [5.41, 5.74) is -0.0577. The second kappa shape index (κ2) is 9.59. The highest BCUT2D eigenvalue weighted by Gasteiger charge is 2.34. The number of carbonyl (C=O) groups is 3. The zero-order valence-corrected chi connectivity index (χ0v) is 16.1. The van der Waals surface area contributed by atoms with Gasteiger partial charge in [0.15, 0.2) is 0 Å². The van der Waals surface area contributed by atoms with Crippen molar-refractivity contribution >= 4 is 18.0 Å². The van der Waals surface area contributed by atoms with Crippen molar-refractivity contribution in [1.82, 2.24) is 4.90 Å². The van der Waals surface area contributed by atoms with E-state index in [9.17, 15) is 14.4 Å². The van der Waals surface area contributed by atoms with Crippen LogP contribution in [0, 0.1) is 0 Å². The molecular weight excluding hydrogens is 322 g/mol. The number of ether oxygens (including phenoxy) is 2. The fraction of sp³-hybridized carbons (Fsp3) is 0.737. The van der Waals surface area contributed by atoms with Crippen LogP contribution in [0.1, 0.15) is 72.6 Å². The second-order valence-electron chi connectivity index (χ2n) is 7.45. The van der Waals surface area contributed by atoms with Crippen molar-refractivity contribution in [2.24, 2.45) is 0 Å². The highest BCUT2D eigenvalue weighted by molar-refractivity contribution is 5.92. The molecule has 2 amide bonds. The normalized spacial score (nSPS) is 19.4. The minimum atomic E-state index is -0.630. The molecule has 1 aliphatic rings. The summed E-state index contributed by atoms with van der Waals surface area (Å²) in [6.07, 6.45) is 6.38. The first-order valence-electron chi connectivity index (χ1n) is 8.96. The molecule has 1 aliphatic heterocycles. The summed E-state index contributed by atoms with van der Waals surface area (Å²) in [5, 5.41) is 0. The van der Waals surface area contributed by atoms with Crippen molar-refractivity contribution in [2.75, 3.05) is 7.11 Å². The van der Waals surface area contributed by atoms with Crippen molar-refractivity contribution in [1.29, 1.82) is 0 Å². The lowest BCUT2D eigenvalue weighted by molar-refractivity contribution is -0.136. The molecule has 0 radical (unpaired) electrons. The lowest BCUT2D eigenvalue weighted by atomic mass is 10.0. The van der Waals surface area contributed by atoms with Crippen molar-refractivity contribution in [3.63, 3.8) is 0 Å². The molecule has 1 saturated heterocycles. The molecule has 0 N–H and O–H groups in total. The second-order valence-corrected chi connectivity index (χ2v) is 7.45. The number of imide groups is 1. The molecule has 0 spiro atoms. The SMILES string of the molecule is COC(=O)C(C)=CCCC[C@@H]1CCCCC(=O)N1C(=O)OC(C)(C)C. The van der Waals surface area contributed by atoms with Gasteiger partial charge < -0.3 is 9.47 Å². The van der Waals surface area contributed by atoms with Gasteiger partial charge in [-0.2, -0.15) is 0 Å². The Balaban J connectivity index is 2.70. The van der Waals surface area contributed by atoms with Gasteiger partial charge in [0.2, 0.25) is 5.91 Å². The maximum absolute atomic E-state index is 12.5. The molecule has 6 heteroatoms. The Bertz CT molecular complexity index is 518. The molecule has 1 heterocycles. The Morgan fingerprint density at radius 2 is 1.96 bits per heavy atom. The van der Waals surface area contributed by atoms with Gasteiger partial charge in [-0.3, -0.25) is 4.79 Å². The Morgan fingerprint density at radius 3 is 2.56 bits per heavy atom. The third-order valence-corrected chi connectivity index (χ3v) is 4.10. The molecule has 1 fully saturated rings. The minimum absolute atomic E-state index is 0.142. The number of rotatable bonds is 5. The monoisotopic (exact) mass is 353 g/mol.